The molecule has 0 aliphatic heterocycles. The fourth-order valence-electron chi connectivity index (χ4n) is 2.72. The van der Waals surface area contributed by atoms with Crippen LogP contribution in [0.3, 0.4) is 0 Å². The van der Waals surface area contributed by atoms with Crippen LogP contribution in [0.25, 0.3) is 0 Å². The summed E-state index contributed by atoms with van der Waals surface area (Å²) in [6.07, 6.45) is -4.02. The zero-order valence-corrected chi connectivity index (χ0v) is 23.0. The smallest absolute Gasteiger partial charge is 0.423 e. The van der Waals surface area contributed by atoms with Gasteiger partial charge in [-0.15, -0.1) is 0 Å². The predicted molar refractivity (Wildman–Crippen MR) is 134 cm³/mol. The van der Waals surface area contributed by atoms with Gasteiger partial charge in [-0.05, 0) is 48.6 Å². The maximum atomic E-state index is 12.9. The number of ether oxygens (including phenoxy) is 4. The van der Waals surface area contributed by atoms with E-state index in [9.17, 15) is 23.2 Å². The van der Waals surface area contributed by atoms with E-state index < -0.39 is 27.3 Å². The molecule has 0 saturated heterocycles. The van der Waals surface area contributed by atoms with Gasteiger partial charge in [-0.25, -0.2) is 4.98 Å². The van der Waals surface area contributed by atoms with Gasteiger partial charge in [-0.3, -0.25) is 0 Å². The third kappa shape index (κ3) is 13.5. The van der Waals surface area contributed by atoms with Crippen LogP contribution in [0.2, 0.25) is 18.1 Å². The highest BCUT2D eigenvalue weighted by Crippen LogP contribution is 2.36. The molecule has 0 saturated carbocycles. The van der Waals surface area contributed by atoms with E-state index in [1.54, 1.807) is 0 Å². The van der Waals surface area contributed by atoms with Crippen LogP contribution in [-0.2, 0) is 36.0 Å². The van der Waals surface area contributed by atoms with Gasteiger partial charge in [0.2, 0.25) is 0 Å². The average Bonchev–Trinajstić information content (AvgIpc) is 2.77. The van der Waals surface area contributed by atoms with Crippen molar-refractivity contribution in [1.82, 2.24) is 4.98 Å². The van der Waals surface area contributed by atoms with Crippen LogP contribution in [0, 0.1) is 0 Å². The zero-order valence-electron chi connectivity index (χ0n) is 22.0. The Balaban J connectivity index is 2.01. The van der Waals surface area contributed by atoms with E-state index in [-0.39, 0.29) is 22.6 Å². The van der Waals surface area contributed by atoms with Crippen LogP contribution >= 0.6 is 0 Å². The molecule has 0 amide bonds. The van der Waals surface area contributed by atoms with Crippen LogP contribution in [0.5, 0.6) is 0 Å². The first-order valence-corrected chi connectivity index (χ1v) is 15.0. The van der Waals surface area contributed by atoms with Crippen LogP contribution in [0.15, 0.2) is 12.1 Å². The standard InChI is InChI=1S/C23H41BF3NO7Si/c1-22(2,3)36(4,5)35-16-15-34-14-13-33-12-11-32-10-9-31-8-6-7-20-17-19(24(29)30)18-21(28-20)23(25,26)27/h17-18,29-30H,6-16H2,1-5H3. The Morgan fingerprint density at radius 2 is 1.28 bits per heavy atom. The van der Waals surface area contributed by atoms with E-state index in [1.165, 1.54) is 6.07 Å². The average molecular weight is 539 g/mol. The summed E-state index contributed by atoms with van der Waals surface area (Å²) in [4.78, 5) is 3.55. The first-order chi connectivity index (χ1) is 16.7. The predicted octanol–water partition coefficient (Wildman–Crippen LogP) is 2.80. The molecule has 1 aromatic heterocycles. The minimum absolute atomic E-state index is 0.122. The van der Waals surface area contributed by atoms with E-state index in [0.29, 0.717) is 71.9 Å². The number of pyridine rings is 1. The summed E-state index contributed by atoms with van der Waals surface area (Å²) in [5.41, 5.74) is -1.27. The van der Waals surface area contributed by atoms with Crippen molar-refractivity contribution in [3.8, 4) is 0 Å². The third-order valence-electron chi connectivity index (χ3n) is 5.82. The fraction of sp³-hybridized carbons (Fsp3) is 0.783. The van der Waals surface area contributed by atoms with Crippen molar-refractivity contribution in [1.29, 1.82) is 0 Å². The van der Waals surface area contributed by atoms with Gasteiger partial charge in [0, 0.05) is 12.3 Å². The van der Waals surface area contributed by atoms with Crippen LogP contribution in [0.4, 0.5) is 13.2 Å². The number of nitrogens with zero attached hydrogens (tertiary/aromatic N) is 1. The molecule has 1 rings (SSSR count). The second-order valence-corrected chi connectivity index (χ2v) is 14.6. The van der Waals surface area contributed by atoms with Crippen molar-refractivity contribution in [3.63, 3.8) is 0 Å². The molecule has 0 aliphatic rings. The molecule has 13 heteroatoms. The third-order valence-corrected chi connectivity index (χ3v) is 10.4. The molecule has 208 valence electrons. The van der Waals surface area contributed by atoms with Gasteiger partial charge < -0.3 is 33.4 Å². The Labute approximate surface area is 213 Å². The topological polar surface area (TPSA) is 99.5 Å². The minimum Gasteiger partial charge on any atom is -0.423 e. The van der Waals surface area contributed by atoms with Crippen LogP contribution in [0.1, 0.15) is 38.6 Å². The molecule has 0 aliphatic carbocycles. The molecular formula is C23H41BF3NO7Si. The molecule has 0 atom stereocenters. The van der Waals surface area contributed by atoms with Gasteiger partial charge in [0.1, 0.15) is 5.69 Å². The normalized spacial score (nSPS) is 12.8. The molecule has 1 aromatic rings. The molecule has 36 heavy (non-hydrogen) atoms. The number of alkyl halides is 3. The summed E-state index contributed by atoms with van der Waals surface area (Å²) >= 11 is 0. The van der Waals surface area contributed by atoms with E-state index in [1.807, 2.05) is 0 Å². The van der Waals surface area contributed by atoms with Crippen molar-refractivity contribution in [2.24, 2.45) is 0 Å². The molecule has 0 spiro atoms. The lowest BCUT2D eigenvalue weighted by atomic mass is 9.80. The van der Waals surface area contributed by atoms with Crippen molar-refractivity contribution in [3.05, 3.63) is 23.5 Å². The number of aromatic nitrogens is 1. The number of aryl methyl sites for hydroxylation is 1. The second-order valence-electron chi connectivity index (χ2n) is 9.81. The summed E-state index contributed by atoms with van der Waals surface area (Å²) in [5, 5.41) is 18.6. The van der Waals surface area contributed by atoms with Gasteiger partial charge >= 0.3 is 13.3 Å². The monoisotopic (exact) mass is 539 g/mol. The maximum absolute atomic E-state index is 12.9. The lowest BCUT2D eigenvalue weighted by molar-refractivity contribution is -0.141. The summed E-state index contributed by atoms with van der Waals surface area (Å²) in [6, 6.07) is 1.88. The van der Waals surface area contributed by atoms with Gasteiger partial charge in [-0.1, -0.05) is 20.8 Å². The largest absolute Gasteiger partial charge is 0.488 e. The van der Waals surface area contributed by atoms with Crippen molar-refractivity contribution >= 4 is 20.9 Å². The summed E-state index contributed by atoms with van der Waals surface area (Å²) < 4.78 is 66.6. The minimum atomic E-state index is -4.66. The van der Waals surface area contributed by atoms with Crippen LogP contribution in [-0.4, -0.2) is 89.9 Å². The van der Waals surface area contributed by atoms with Gasteiger partial charge in [0.25, 0.3) is 0 Å². The first-order valence-electron chi connectivity index (χ1n) is 12.1. The Morgan fingerprint density at radius 3 is 1.72 bits per heavy atom. The van der Waals surface area contributed by atoms with Gasteiger partial charge in [-0.2, -0.15) is 13.2 Å². The van der Waals surface area contributed by atoms with E-state index in [4.69, 9.17) is 23.4 Å². The molecule has 1 heterocycles. The SMILES string of the molecule is CC(C)(C)[Si](C)(C)OCCOCCOCCOCCOCCCc1cc(B(O)O)cc(C(F)(F)F)n1. The molecule has 0 fully saturated rings. The quantitative estimate of drug-likeness (QED) is 0.217. The molecular weight excluding hydrogens is 498 g/mol. The van der Waals surface area contributed by atoms with Crippen molar-refractivity contribution < 1.29 is 46.6 Å². The second kappa shape index (κ2) is 16.0. The van der Waals surface area contributed by atoms with E-state index in [0.717, 1.165) is 0 Å². The summed E-state index contributed by atoms with van der Waals surface area (Å²) in [7, 11) is -3.73. The lowest BCUT2D eigenvalue weighted by Crippen LogP contribution is -2.41. The number of halogens is 3. The van der Waals surface area contributed by atoms with E-state index >= 15 is 0 Å². The molecule has 0 radical (unpaired) electrons. The summed E-state index contributed by atoms with van der Waals surface area (Å²) in [5.74, 6) is 0. The van der Waals surface area contributed by atoms with E-state index in [2.05, 4.69) is 38.8 Å². The Hall–Kier alpha value is -1.06. The first kappa shape index (κ1) is 33.0. The molecule has 2 N–H and O–H groups in total. The lowest BCUT2D eigenvalue weighted by Gasteiger charge is -2.36. The van der Waals surface area contributed by atoms with Crippen LogP contribution < -0.4 is 5.46 Å². The highest BCUT2D eigenvalue weighted by molar-refractivity contribution is 6.74. The fourth-order valence-corrected chi connectivity index (χ4v) is 3.75. The highest BCUT2D eigenvalue weighted by atomic mass is 28.4. The number of hydrogen-bond acceptors (Lipinski definition) is 8. The highest BCUT2D eigenvalue weighted by Gasteiger charge is 2.37. The Bertz CT molecular complexity index is 749. The maximum Gasteiger partial charge on any atom is 0.488 e. The number of hydrogen-bond donors (Lipinski definition) is 2. The van der Waals surface area contributed by atoms with Crippen molar-refractivity contribution in [2.75, 3.05) is 59.5 Å². The molecule has 8 nitrogen and oxygen atoms in total. The van der Waals surface area contributed by atoms with Crippen molar-refractivity contribution in [2.45, 2.75) is 57.9 Å². The summed E-state index contributed by atoms with van der Waals surface area (Å²) in [6.45, 7) is 15.0. The Morgan fingerprint density at radius 1 is 0.806 bits per heavy atom. The number of rotatable bonds is 18. The van der Waals surface area contributed by atoms with Gasteiger partial charge in [0.15, 0.2) is 8.32 Å². The van der Waals surface area contributed by atoms with Gasteiger partial charge in [0.05, 0.1) is 52.9 Å². The molecule has 0 bridgehead atoms. The zero-order chi connectivity index (χ0) is 27.2. The Kier molecular flexibility index (Phi) is 14.7. The molecule has 0 unspecified atom stereocenters. The molecule has 0 aromatic carbocycles.